The van der Waals surface area contributed by atoms with Crippen molar-refractivity contribution < 1.29 is 13.2 Å². The molecule has 6 heteroatoms. The summed E-state index contributed by atoms with van der Waals surface area (Å²) in [4.78, 5) is 13.5. The van der Waals surface area contributed by atoms with Crippen molar-refractivity contribution in [1.82, 2.24) is 0 Å². The average Bonchev–Trinajstić information content (AvgIpc) is 2.74. The van der Waals surface area contributed by atoms with Crippen LogP contribution in [-0.2, 0) is 20.9 Å². The summed E-state index contributed by atoms with van der Waals surface area (Å²) in [6.45, 7) is 0. The van der Waals surface area contributed by atoms with Gasteiger partial charge < -0.3 is 4.72 Å². The highest BCUT2D eigenvalue weighted by Crippen LogP contribution is 2.36. The molecule has 0 aliphatic carbocycles. The van der Waals surface area contributed by atoms with Gasteiger partial charge in [-0.3, -0.25) is 4.79 Å². The van der Waals surface area contributed by atoms with Crippen LogP contribution in [0.3, 0.4) is 0 Å². The Labute approximate surface area is 175 Å². The van der Waals surface area contributed by atoms with Crippen molar-refractivity contribution in [2.24, 2.45) is 0 Å². The monoisotopic (exact) mass is 425 g/mol. The lowest BCUT2D eigenvalue weighted by atomic mass is 9.98. The molecule has 0 N–H and O–H groups in total. The van der Waals surface area contributed by atoms with Gasteiger partial charge in [-0.1, -0.05) is 84.4 Å². The molecule has 3 aromatic rings. The van der Waals surface area contributed by atoms with Crippen LogP contribution in [0.4, 0.5) is 0 Å². The van der Waals surface area contributed by atoms with E-state index in [1.165, 1.54) is 12.1 Å². The summed E-state index contributed by atoms with van der Waals surface area (Å²) < 4.78 is 30.3. The van der Waals surface area contributed by atoms with Crippen molar-refractivity contribution in [3.8, 4) is 0 Å². The Hall–Kier alpha value is -2.41. The zero-order chi connectivity index (χ0) is 20.9. The molecule has 0 aromatic heterocycles. The van der Waals surface area contributed by atoms with Gasteiger partial charge in [0.15, 0.2) is 5.25 Å². The number of hydrogen-bond donors (Lipinski definition) is 0. The lowest BCUT2D eigenvalue weighted by Gasteiger charge is -2.35. The molecule has 0 aliphatic heterocycles. The topological polar surface area (TPSA) is 65.3 Å². The number of Topliss-reactive ketones (excluding diaryl/α,β-unsaturated/α-hetero) is 1. The largest absolute Gasteiger partial charge is 0.534 e. The van der Waals surface area contributed by atoms with E-state index in [9.17, 15) is 13.2 Å². The number of nitrogens with zero attached hydrogens (tertiary/aromatic N) is 1. The third-order valence-corrected chi connectivity index (χ3v) is 7.41. The van der Waals surface area contributed by atoms with Crippen molar-refractivity contribution in [3.05, 3.63) is 107 Å². The predicted molar refractivity (Wildman–Crippen MR) is 120 cm³/mol. The Bertz CT molecular complexity index is 1040. The maximum absolute atomic E-state index is 13.4. The lowest BCUT2D eigenvalue weighted by Crippen LogP contribution is -2.36. The summed E-state index contributed by atoms with van der Waals surface area (Å²) in [5.41, 5.74) is 1.27. The van der Waals surface area contributed by atoms with Crippen LogP contribution in [0.15, 0.2) is 95.9 Å². The van der Waals surface area contributed by atoms with E-state index in [0.29, 0.717) is 11.1 Å². The minimum Gasteiger partial charge on any atom is -0.534 e. The number of sulfonamides is 1. The Balaban J connectivity index is 2.06. The molecular formula is C23H23NO3S2. The summed E-state index contributed by atoms with van der Waals surface area (Å²) in [6.07, 6.45) is 3.90. The molecule has 0 spiro atoms. The number of hydrogen-bond acceptors (Lipinski definition) is 3. The molecule has 0 fully saturated rings. The summed E-state index contributed by atoms with van der Waals surface area (Å²) >= 11 is 0. The van der Waals surface area contributed by atoms with E-state index in [1.54, 1.807) is 30.3 Å². The van der Waals surface area contributed by atoms with E-state index in [2.05, 4.69) is 4.72 Å². The molecule has 3 rings (SSSR count). The number of carbonyl (C=O) groups is 1. The first-order valence-electron chi connectivity index (χ1n) is 9.13. The molecule has 0 aliphatic rings. The second-order valence-electron chi connectivity index (χ2n) is 6.78. The van der Waals surface area contributed by atoms with Crippen molar-refractivity contribution in [2.75, 3.05) is 12.5 Å². The molecule has 150 valence electrons. The zero-order valence-corrected chi connectivity index (χ0v) is 17.9. The normalized spacial score (nSPS) is 13.8. The van der Waals surface area contributed by atoms with Crippen molar-refractivity contribution >= 4 is 26.7 Å². The molecule has 2 unspecified atom stereocenters. The SMILES string of the molecule is C[S+](C)C(C(=O)c1ccccc1)C([N-]S(=O)(=O)c1ccccc1)c1ccccc1. The maximum Gasteiger partial charge on any atom is 0.213 e. The first kappa shape index (κ1) is 21.3. The van der Waals surface area contributed by atoms with Gasteiger partial charge in [-0.25, -0.2) is 8.42 Å². The standard InChI is InChI=1S/C23H23NO3S2/c1-28(2)23(22(25)19-14-8-4-9-15-19)21(18-12-6-3-7-13-18)24-29(26,27)20-16-10-5-11-17-20/h3-17,21,23H,1-2H3. The predicted octanol–water partition coefficient (Wildman–Crippen LogP) is 4.62. The minimum absolute atomic E-state index is 0.0974. The number of ketones is 1. The van der Waals surface area contributed by atoms with Crippen LogP contribution < -0.4 is 0 Å². The van der Waals surface area contributed by atoms with Gasteiger partial charge in [0, 0.05) is 10.5 Å². The maximum atomic E-state index is 13.4. The first-order valence-corrected chi connectivity index (χ1v) is 12.7. The van der Waals surface area contributed by atoms with Gasteiger partial charge in [-0.05, 0) is 29.1 Å². The molecule has 0 heterocycles. The molecule has 0 saturated carbocycles. The van der Waals surface area contributed by atoms with Crippen molar-refractivity contribution in [2.45, 2.75) is 16.2 Å². The van der Waals surface area contributed by atoms with Crippen LogP contribution in [0.1, 0.15) is 22.0 Å². The van der Waals surface area contributed by atoms with Crippen LogP contribution >= 0.6 is 0 Å². The van der Waals surface area contributed by atoms with E-state index in [0.717, 1.165) is 0 Å². The third-order valence-electron chi connectivity index (χ3n) is 4.55. The first-order chi connectivity index (χ1) is 13.9. The van der Waals surface area contributed by atoms with Crippen LogP contribution in [0, 0.1) is 0 Å². The molecule has 4 nitrogen and oxygen atoms in total. The molecule has 0 bridgehead atoms. The third kappa shape index (κ3) is 5.15. The number of carbonyl (C=O) groups excluding carboxylic acids is 1. The van der Waals surface area contributed by atoms with E-state index in [1.807, 2.05) is 61.0 Å². The van der Waals surface area contributed by atoms with Crippen LogP contribution in [0.2, 0.25) is 0 Å². The summed E-state index contributed by atoms with van der Waals surface area (Å²) in [7, 11) is -4.34. The van der Waals surface area contributed by atoms with Crippen LogP contribution in [0.25, 0.3) is 4.72 Å². The molecule has 0 radical (unpaired) electrons. The van der Waals surface area contributed by atoms with Crippen LogP contribution in [0.5, 0.6) is 0 Å². The number of benzene rings is 3. The Morgan fingerprint density at radius 1 is 0.793 bits per heavy atom. The van der Waals surface area contributed by atoms with E-state index in [4.69, 9.17) is 0 Å². The van der Waals surface area contributed by atoms with Crippen molar-refractivity contribution in [3.63, 3.8) is 0 Å². The average molecular weight is 426 g/mol. The molecule has 29 heavy (non-hydrogen) atoms. The Morgan fingerprint density at radius 3 is 1.79 bits per heavy atom. The highest BCUT2D eigenvalue weighted by Gasteiger charge is 2.36. The van der Waals surface area contributed by atoms with E-state index < -0.39 is 32.2 Å². The molecule has 0 saturated heterocycles. The molecular weight excluding hydrogens is 402 g/mol. The van der Waals surface area contributed by atoms with Crippen LogP contribution in [-0.4, -0.2) is 32.0 Å². The smallest absolute Gasteiger partial charge is 0.213 e. The zero-order valence-electron chi connectivity index (χ0n) is 16.3. The summed E-state index contributed by atoms with van der Waals surface area (Å²) in [6, 6.07) is 25.5. The quantitative estimate of drug-likeness (QED) is 0.391. The molecule has 2 atom stereocenters. The van der Waals surface area contributed by atoms with Gasteiger partial charge in [0.25, 0.3) is 0 Å². The summed E-state index contributed by atoms with van der Waals surface area (Å²) in [5, 5.41) is -0.585. The van der Waals surface area contributed by atoms with Gasteiger partial charge in [0.1, 0.15) is 10.0 Å². The van der Waals surface area contributed by atoms with Gasteiger partial charge in [0.05, 0.1) is 12.5 Å². The summed E-state index contributed by atoms with van der Waals surface area (Å²) in [5.74, 6) is -0.0974. The minimum atomic E-state index is -3.92. The van der Waals surface area contributed by atoms with Gasteiger partial charge in [-0.15, -0.1) is 0 Å². The highest BCUT2D eigenvalue weighted by atomic mass is 32.2. The van der Waals surface area contributed by atoms with E-state index >= 15 is 0 Å². The highest BCUT2D eigenvalue weighted by molar-refractivity contribution is 7.97. The second-order valence-corrected chi connectivity index (χ2v) is 10.7. The molecule has 3 aromatic carbocycles. The second kappa shape index (κ2) is 9.39. The fraction of sp³-hybridized carbons (Fsp3) is 0.174. The molecule has 0 amide bonds. The van der Waals surface area contributed by atoms with Crippen molar-refractivity contribution in [1.29, 1.82) is 0 Å². The number of rotatable bonds is 8. The van der Waals surface area contributed by atoms with Gasteiger partial charge >= 0.3 is 0 Å². The Morgan fingerprint density at radius 2 is 1.28 bits per heavy atom. The fourth-order valence-corrected chi connectivity index (χ4v) is 5.67. The van der Waals surface area contributed by atoms with E-state index in [-0.39, 0.29) is 10.7 Å². The fourth-order valence-electron chi connectivity index (χ4n) is 3.13. The van der Waals surface area contributed by atoms with Gasteiger partial charge in [-0.2, -0.15) is 0 Å². The Kier molecular flexibility index (Phi) is 6.90. The van der Waals surface area contributed by atoms with Gasteiger partial charge in [0.2, 0.25) is 5.78 Å². The lowest BCUT2D eigenvalue weighted by molar-refractivity contribution is 0.0984.